The summed E-state index contributed by atoms with van der Waals surface area (Å²) in [5.74, 6) is 0.529. The van der Waals surface area contributed by atoms with Crippen molar-refractivity contribution >= 4 is 11.8 Å². The number of benzene rings is 1. The normalized spacial score (nSPS) is 27.7. The standard InChI is InChI=1S/C25H35N3O2/c1-4-16(2)26-22-8-6-5-7-19(22)13-18-10-11-21-20(14-18)15-28(25(21)30)23-12-9-17(3)27-24(23)29/h10-11,14,16,19,22-23,26H,3-9,12-13,15H2,1-2H3,(H,27,29)/t16?,19-,22+,23?/m1/s1. The molecule has 0 aromatic heterocycles. The van der Waals surface area contributed by atoms with E-state index in [1.165, 1.54) is 31.2 Å². The molecule has 1 saturated heterocycles. The molecule has 2 amide bonds. The van der Waals surface area contributed by atoms with Gasteiger partial charge in [-0.25, -0.2) is 0 Å². The molecule has 0 radical (unpaired) electrons. The van der Waals surface area contributed by atoms with Crippen LogP contribution in [-0.4, -0.2) is 34.8 Å². The zero-order chi connectivity index (χ0) is 21.3. The number of carbonyl (C=O) groups is 2. The van der Waals surface area contributed by atoms with Gasteiger partial charge in [0.2, 0.25) is 5.91 Å². The van der Waals surface area contributed by atoms with Crippen LogP contribution in [0.4, 0.5) is 0 Å². The highest BCUT2D eigenvalue weighted by Gasteiger charge is 2.38. The summed E-state index contributed by atoms with van der Waals surface area (Å²) in [4.78, 5) is 27.1. The number of allylic oxidation sites excluding steroid dienone is 1. The highest BCUT2D eigenvalue weighted by molar-refractivity contribution is 6.01. The van der Waals surface area contributed by atoms with Crippen molar-refractivity contribution in [2.24, 2.45) is 5.92 Å². The minimum atomic E-state index is -0.388. The highest BCUT2D eigenvalue weighted by atomic mass is 16.2. The number of piperidine rings is 1. The number of nitrogens with one attached hydrogen (secondary N) is 2. The lowest BCUT2D eigenvalue weighted by molar-refractivity contribution is -0.126. The zero-order valence-corrected chi connectivity index (χ0v) is 18.4. The summed E-state index contributed by atoms with van der Waals surface area (Å²) in [7, 11) is 0. The fourth-order valence-corrected chi connectivity index (χ4v) is 5.29. The third-order valence-electron chi connectivity index (χ3n) is 7.22. The molecule has 4 atom stereocenters. The van der Waals surface area contributed by atoms with E-state index >= 15 is 0 Å². The maximum Gasteiger partial charge on any atom is 0.255 e. The summed E-state index contributed by atoms with van der Waals surface area (Å²) in [5, 5.41) is 6.65. The van der Waals surface area contributed by atoms with E-state index in [-0.39, 0.29) is 17.9 Å². The van der Waals surface area contributed by atoms with Gasteiger partial charge >= 0.3 is 0 Å². The molecule has 2 fully saturated rings. The first-order valence-corrected chi connectivity index (χ1v) is 11.6. The van der Waals surface area contributed by atoms with Crippen LogP contribution >= 0.6 is 0 Å². The third-order valence-corrected chi connectivity index (χ3v) is 7.22. The molecule has 2 unspecified atom stereocenters. The molecular weight excluding hydrogens is 374 g/mol. The quantitative estimate of drug-likeness (QED) is 0.748. The third kappa shape index (κ3) is 4.31. The molecule has 5 nitrogen and oxygen atoms in total. The number of carbonyl (C=O) groups excluding carboxylic acids is 2. The molecule has 3 aliphatic rings. The van der Waals surface area contributed by atoms with Crippen LogP contribution < -0.4 is 10.6 Å². The highest BCUT2D eigenvalue weighted by Crippen LogP contribution is 2.32. The van der Waals surface area contributed by atoms with Crippen LogP contribution in [0.3, 0.4) is 0 Å². The Morgan fingerprint density at radius 3 is 2.80 bits per heavy atom. The Labute approximate surface area is 180 Å². The van der Waals surface area contributed by atoms with Gasteiger partial charge in [-0.2, -0.15) is 0 Å². The van der Waals surface area contributed by atoms with Gasteiger partial charge in [0.1, 0.15) is 6.04 Å². The molecule has 5 heteroatoms. The van der Waals surface area contributed by atoms with Crippen molar-refractivity contribution in [2.75, 3.05) is 0 Å². The van der Waals surface area contributed by atoms with Crippen molar-refractivity contribution in [1.82, 2.24) is 15.5 Å². The molecule has 4 rings (SSSR count). The Bertz CT molecular complexity index is 834. The van der Waals surface area contributed by atoms with Crippen molar-refractivity contribution in [3.8, 4) is 0 Å². The summed E-state index contributed by atoms with van der Waals surface area (Å²) in [6, 6.07) is 7.06. The second-order valence-corrected chi connectivity index (χ2v) is 9.40. The number of nitrogens with zero attached hydrogens (tertiary/aromatic N) is 1. The van der Waals surface area contributed by atoms with E-state index in [0.717, 1.165) is 36.1 Å². The van der Waals surface area contributed by atoms with Crippen LogP contribution in [-0.2, 0) is 17.8 Å². The van der Waals surface area contributed by atoms with Gasteiger partial charge in [0.25, 0.3) is 5.91 Å². The average molecular weight is 410 g/mol. The largest absolute Gasteiger partial charge is 0.329 e. The van der Waals surface area contributed by atoms with Gasteiger partial charge in [0, 0.05) is 29.9 Å². The number of amides is 2. The van der Waals surface area contributed by atoms with E-state index in [2.05, 4.69) is 43.2 Å². The van der Waals surface area contributed by atoms with Crippen LogP contribution in [0.15, 0.2) is 30.5 Å². The molecule has 2 aliphatic heterocycles. The first-order chi connectivity index (χ1) is 14.5. The Balaban J connectivity index is 1.46. The topological polar surface area (TPSA) is 61.4 Å². The Morgan fingerprint density at radius 2 is 2.03 bits per heavy atom. The van der Waals surface area contributed by atoms with Gasteiger partial charge in [0.15, 0.2) is 0 Å². The van der Waals surface area contributed by atoms with Crippen LogP contribution in [0.1, 0.15) is 80.3 Å². The lowest BCUT2D eigenvalue weighted by atomic mass is 9.80. The summed E-state index contributed by atoms with van der Waals surface area (Å²) in [5.41, 5.74) is 3.88. The van der Waals surface area contributed by atoms with E-state index in [0.29, 0.717) is 31.0 Å². The van der Waals surface area contributed by atoms with Gasteiger partial charge in [-0.1, -0.05) is 38.5 Å². The monoisotopic (exact) mass is 409 g/mol. The molecule has 0 bridgehead atoms. The first kappa shape index (κ1) is 21.1. The minimum absolute atomic E-state index is 0.0156. The second kappa shape index (κ2) is 8.93. The Morgan fingerprint density at radius 1 is 1.23 bits per heavy atom. The Kier molecular flexibility index (Phi) is 6.28. The number of fused-ring (bicyclic) bond motifs is 1. The lowest BCUT2D eigenvalue weighted by Crippen LogP contribution is -2.49. The SMILES string of the molecule is C=C1CCC(N2Cc3cc(C[C@H]4CCCC[C@@H]4NC(C)CC)ccc3C2=O)C(=O)N1. The smallest absolute Gasteiger partial charge is 0.255 e. The Hall–Kier alpha value is -2.14. The summed E-state index contributed by atoms with van der Waals surface area (Å²) < 4.78 is 0. The molecule has 0 spiro atoms. The van der Waals surface area contributed by atoms with Gasteiger partial charge in [-0.3, -0.25) is 9.59 Å². The molecule has 1 saturated carbocycles. The van der Waals surface area contributed by atoms with Crippen molar-refractivity contribution in [3.05, 3.63) is 47.2 Å². The summed E-state index contributed by atoms with van der Waals surface area (Å²) >= 11 is 0. The van der Waals surface area contributed by atoms with E-state index in [4.69, 9.17) is 0 Å². The van der Waals surface area contributed by atoms with Crippen molar-refractivity contribution in [2.45, 2.75) is 89.9 Å². The number of rotatable bonds is 6. The summed E-state index contributed by atoms with van der Waals surface area (Å²) in [6.07, 6.45) is 8.74. The zero-order valence-electron chi connectivity index (χ0n) is 18.4. The van der Waals surface area contributed by atoms with E-state index in [1.807, 2.05) is 6.07 Å². The molecule has 1 aliphatic carbocycles. The van der Waals surface area contributed by atoms with Crippen LogP contribution in [0.2, 0.25) is 0 Å². The van der Waals surface area contributed by atoms with Crippen LogP contribution in [0.25, 0.3) is 0 Å². The minimum Gasteiger partial charge on any atom is -0.329 e. The average Bonchev–Trinajstić information content (AvgIpc) is 3.05. The molecule has 162 valence electrons. The van der Waals surface area contributed by atoms with Crippen LogP contribution in [0.5, 0.6) is 0 Å². The van der Waals surface area contributed by atoms with E-state index < -0.39 is 0 Å². The molecule has 30 heavy (non-hydrogen) atoms. The maximum atomic E-state index is 12.9. The van der Waals surface area contributed by atoms with Gasteiger partial charge in [0.05, 0.1) is 0 Å². The molecule has 1 aromatic rings. The molecule has 2 heterocycles. The van der Waals surface area contributed by atoms with Gasteiger partial charge < -0.3 is 15.5 Å². The first-order valence-electron chi connectivity index (χ1n) is 11.6. The summed E-state index contributed by atoms with van der Waals surface area (Å²) in [6.45, 7) is 8.89. The predicted molar refractivity (Wildman–Crippen MR) is 119 cm³/mol. The molecule has 1 aromatic carbocycles. The maximum absolute atomic E-state index is 12.9. The van der Waals surface area contributed by atoms with Gasteiger partial charge in [-0.15, -0.1) is 0 Å². The van der Waals surface area contributed by atoms with Crippen LogP contribution in [0, 0.1) is 5.92 Å². The van der Waals surface area contributed by atoms with E-state index in [1.54, 1.807) is 4.90 Å². The predicted octanol–water partition coefficient (Wildman–Crippen LogP) is 3.92. The van der Waals surface area contributed by atoms with Gasteiger partial charge in [-0.05, 0) is 68.6 Å². The fraction of sp³-hybridized carbons (Fsp3) is 0.600. The second-order valence-electron chi connectivity index (χ2n) is 9.40. The fourth-order valence-electron chi connectivity index (χ4n) is 5.29. The number of hydrogen-bond donors (Lipinski definition) is 2. The molecular formula is C25H35N3O2. The molecule has 2 N–H and O–H groups in total. The number of hydrogen-bond acceptors (Lipinski definition) is 3. The van der Waals surface area contributed by atoms with Crippen molar-refractivity contribution in [3.63, 3.8) is 0 Å². The van der Waals surface area contributed by atoms with Crippen molar-refractivity contribution < 1.29 is 9.59 Å². The van der Waals surface area contributed by atoms with Crippen molar-refractivity contribution in [1.29, 1.82) is 0 Å². The lowest BCUT2D eigenvalue weighted by Gasteiger charge is -2.34. The van der Waals surface area contributed by atoms with E-state index in [9.17, 15) is 9.59 Å².